The number of amides is 2. The maximum absolute atomic E-state index is 13.4. The zero-order chi connectivity index (χ0) is 21.7. The summed E-state index contributed by atoms with van der Waals surface area (Å²) in [7, 11) is 1.40. The molecule has 7 heteroatoms. The number of nitrogens with one attached hydrogen (secondary N) is 2. The first kappa shape index (κ1) is 21.1. The summed E-state index contributed by atoms with van der Waals surface area (Å²) in [5.74, 6) is 0.674. The molecule has 156 valence electrons. The van der Waals surface area contributed by atoms with E-state index in [0.717, 1.165) is 5.56 Å². The van der Waals surface area contributed by atoms with E-state index in [2.05, 4.69) is 36.4 Å². The number of urea groups is 1. The van der Waals surface area contributed by atoms with Crippen molar-refractivity contribution in [2.24, 2.45) is 0 Å². The van der Waals surface area contributed by atoms with Gasteiger partial charge in [0.1, 0.15) is 23.0 Å². The first-order valence-corrected chi connectivity index (χ1v) is 9.42. The molecule has 0 fully saturated rings. The molecule has 3 aromatic rings. The quantitative estimate of drug-likeness (QED) is 0.545. The van der Waals surface area contributed by atoms with E-state index in [1.54, 1.807) is 18.3 Å². The second kappa shape index (κ2) is 8.82. The highest BCUT2D eigenvalue weighted by Gasteiger charge is 2.20. The number of halogens is 1. The Hall–Kier alpha value is -3.61. The number of ether oxygens (including phenoxy) is 2. The fraction of sp³-hybridized carbons (Fsp3) is 0.217. The van der Waals surface area contributed by atoms with Crippen molar-refractivity contribution in [3.8, 4) is 17.4 Å². The van der Waals surface area contributed by atoms with Crippen LogP contribution in [0.3, 0.4) is 0 Å². The van der Waals surface area contributed by atoms with Gasteiger partial charge in [0.25, 0.3) is 0 Å². The van der Waals surface area contributed by atoms with E-state index in [9.17, 15) is 9.18 Å². The van der Waals surface area contributed by atoms with E-state index in [1.165, 1.54) is 25.3 Å². The van der Waals surface area contributed by atoms with Crippen LogP contribution in [0.1, 0.15) is 26.3 Å². The van der Waals surface area contributed by atoms with Crippen LogP contribution >= 0.6 is 0 Å². The number of methoxy groups -OCH3 is 1. The van der Waals surface area contributed by atoms with Crippen LogP contribution < -0.4 is 20.1 Å². The summed E-state index contributed by atoms with van der Waals surface area (Å²) >= 11 is 0. The predicted octanol–water partition coefficient (Wildman–Crippen LogP) is 5.96. The number of rotatable bonds is 5. The predicted molar refractivity (Wildman–Crippen MR) is 115 cm³/mol. The van der Waals surface area contributed by atoms with Crippen LogP contribution in [0.15, 0.2) is 60.8 Å². The minimum atomic E-state index is -0.540. The van der Waals surface area contributed by atoms with Gasteiger partial charge in [-0.3, -0.25) is 0 Å². The molecular formula is C23H24FN3O3. The van der Waals surface area contributed by atoms with E-state index >= 15 is 0 Å². The summed E-state index contributed by atoms with van der Waals surface area (Å²) in [6.07, 6.45) is 1.58. The molecule has 2 N–H and O–H groups in total. The van der Waals surface area contributed by atoms with Crippen molar-refractivity contribution in [3.05, 3.63) is 72.2 Å². The second-order valence-electron chi connectivity index (χ2n) is 7.63. The molecule has 2 amide bonds. The van der Waals surface area contributed by atoms with Crippen molar-refractivity contribution in [2.75, 3.05) is 17.7 Å². The van der Waals surface area contributed by atoms with Crippen molar-refractivity contribution in [2.45, 2.75) is 26.2 Å². The fourth-order valence-corrected chi connectivity index (χ4v) is 2.89. The average molecular weight is 409 g/mol. The van der Waals surface area contributed by atoms with Gasteiger partial charge in [0.05, 0.1) is 12.8 Å². The van der Waals surface area contributed by atoms with Crippen molar-refractivity contribution in [3.63, 3.8) is 0 Å². The van der Waals surface area contributed by atoms with Gasteiger partial charge < -0.3 is 20.1 Å². The molecule has 0 aliphatic rings. The van der Waals surface area contributed by atoms with Crippen molar-refractivity contribution in [1.82, 2.24) is 4.98 Å². The lowest BCUT2D eigenvalue weighted by Crippen LogP contribution is -2.20. The number of hydrogen-bond acceptors (Lipinski definition) is 4. The molecule has 0 bridgehead atoms. The Labute approximate surface area is 175 Å². The van der Waals surface area contributed by atoms with E-state index in [-0.39, 0.29) is 17.0 Å². The maximum Gasteiger partial charge on any atom is 0.323 e. The van der Waals surface area contributed by atoms with Crippen LogP contribution in [0.2, 0.25) is 0 Å². The summed E-state index contributed by atoms with van der Waals surface area (Å²) in [5, 5.41) is 5.36. The Kier molecular flexibility index (Phi) is 6.20. The summed E-state index contributed by atoms with van der Waals surface area (Å²) in [4.78, 5) is 16.8. The zero-order valence-corrected chi connectivity index (χ0v) is 17.3. The Morgan fingerprint density at radius 2 is 1.70 bits per heavy atom. The lowest BCUT2D eigenvalue weighted by atomic mass is 9.86. The van der Waals surface area contributed by atoms with Crippen LogP contribution in [0.4, 0.5) is 20.6 Å². The molecule has 3 rings (SSSR count). The number of carbonyl (C=O) groups is 1. The smallest absolute Gasteiger partial charge is 0.323 e. The number of benzene rings is 2. The number of carbonyl (C=O) groups excluding carboxylic acids is 1. The maximum atomic E-state index is 13.4. The van der Waals surface area contributed by atoms with Gasteiger partial charge in [-0.2, -0.15) is 0 Å². The summed E-state index contributed by atoms with van der Waals surface area (Å²) < 4.78 is 24.5. The first-order chi connectivity index (χ1) is 14.3. The van der Waals surface area contributed by atoms with Gasteiger partial charge in [0, 0.05) is 17.8 Å². The molecule has 0 aliphatic carbocycles. The topological polar surface area (TPSA) is 72.5 Å². The summed E-state index contributed by atoms with van der Waals surface area (Å²) in [6.45, 7) is 6.28. The largest absolute Gasteiger partial charge is 0.494 e. The van der Waals surface area contributed by atoms with Crippen LogP contribution in [0.25, 0.3) is 0 Å². The molecule has 1 aromatic heterocycles. The monoisotopic (exact) mass is 409 g/mol. The summed E-state index contributed by atoms with van der Waals surface area (Å²) in [5.41, 5.74) is 1.61. The average Bonchev–Trinajstić information content (AvgIpc) is 2.70. The Morgan fingerprint density at radius 3 is 2.43 bits per heavy atom. The van der Waals surface area contributed by atoms with Gasteiger partial charge in [-0.25, -0.2) is 14.2 Å². The number of nitrogens with zero attached hydrogens (tertiary/aromatic N) is 1. The SMILES string of the molecule is COc1cc(F)ccc1NC(=O)Nc1cccnc1Oc1ccccc1C(C)(C)C. The molecule has 0 aliphatic heterocycles. The minimum Gasteiger partial charge on any atom is -0.494 e. The Bertz CT molecular complexity index is 1050. The molecule has 0 unspecified atom stereocenters. The molecule has 0 saturated heterocycles. The fourth-order valence-electron chi connectivity index (χ4n) is 2.89. The highest BCUT2D eigenvalue weighted by molar-refractivity contribution is 6.01. The van der Waals surface area contributed by atoms with E-state index < -0.39 is 11.8 Å². The molecule has 2 aromatic carbocycles. The molecular weight excluding hydrogens is 385 g/mol. The van der Waals surface area contributed by atoms with Gasteiger partial charge in [0.15, 0.2) is 0 Å². The van der Waals surface area contributed by atoms with Crippen molar-refractivity contribution < 1.29 is 18.7 Å². The molecule has 6 nitrogen and oxygen atoms in total. The molecule has 30 heavy (non-hydrogen) atoms. The number of para-hydroxylation sites is 1. The van der Waals surface area contributed by atoms with Crippen molar-refractivity contribution >= 4 is 17.4 Å². The molecule has 0 atom stereocenters. The molecule has 0 saturated carbocycles. The van der Waals surface area contributed by atoms with Gasteiger partial charge in [-0.05, 0) is 35.7 Å². The zero-order valence-electron chi connectivity index (χ0n) is 17.3. The Morgan fingerprint density at radius 1 is 0.967 bits per heavy atom. The standard InChI is InChI=1S/C23H24FN3O3/c1-23(2,3)16-8-5-6-10-19(16)30-21-18(9-7-13-25-21)27-22(28)26-17-12-11-15(24)14-20(17)29-4/h5-14H,1-4H3,(H2,26,27,28). The van der Waals surface area contributed by atoms with Gasteiger partial charge in [-0.1, -0.05) is 39.0 Å². The van der Waals surface area contributed by atoms with E-state index in [0.29, 0.717) is 17.1 Å². The number of hydrogen-bond donors (Lipinski definition) is 2. The molecule has 1 heterocycles. The van der Waals surface area contributed by atoms with Crippen LogP contribution in [0.5, 0.6) is 17.4 Å². The van der Waals surface area contributed by atoms with E-state index in [1.807, 2.05) is 24.3 Å². The highest BCUT2D eigenvalue weighted by atomic mass is 19.1. The van der Waals surface area contributed by atoms with Crippen LogP contribution in [-0.2, 0) is 5.41 Å². The summed E-state index contributed by atoms with van der Waals surface area (Å²) in [6, 6.07) is 14.4. The third-order valence-electron chi connectivity index (χ3n) is 4.33. The van der Waals surface area contributed by atoms with Gasteiger partial charge in [0.2, 0.25) is 5.88 Å². The highest BCUT2D eigenvalue weighted by Crippen LogP contribution is 2.35. The molecule has 0 radical (unpaired) electrons. The normalized spacial score (nSPS) is 11.0. The van der Waals surface area contributed by atoms with Crippen LogP contribution in [0, 0.1) is 5.82 Å². The van der Waals surface area contributed by atoms with E-state index in [4.69, 9.17) is 9.47 Å². The minimum absolute atomic E-state index is 0.129. The lowest BCUT2D eigenvalue weighted by Gasteiger charge is -2.22. The van der Waals surface area contributed by atoms with Crippen molar-refractivity contribution in [1.29, 1.82) is 0 Å². The third-order valence-corrected chi connectivity index (χ3v) is 4.33. The Balaban J connectivity index is 1.81. The van der Waals surface area contributed by atoms with Crippen LogP contribution in [-0.4, -0.2) is 18.1 Å². The van der Waals surface area contributed by atoms with Gasteiger partial charge in [-0.15, -0.1) is 0 Å². The third kappa shape index (κ3) is 5.05. The number of pyridine rings is 1. The lowest BCUT2D eigenvalue weighted by molar-refractivity contribution is 0.262. The second-order valence-corrected chi connectivity index (χ2v) is 7.63. The number of anilines is 2. The number of aromatic nitrogens is 1. The molecule has 0 spiro atoms. The van der Waals surface area contributed by atoms with Gasteiger partial charge >= 0.3 is 6.03 Å². The first-order valence-electron chi connectivity index (χ1n) is 9.42.